The van der Waals surface area contributed by atoms with Crippen molar-refractivity contribution in [2.24, 2.45) is 0 Å². The van der Waals surface area contributed by atoms with E-state index in [-0.39, 0.29) is 24.0 Å². The standard InChI is InChI=1S/C15H17BrN2O3/c16-11-3-1-10(2-4-11)13-9-18(7-8-21-13)15(20)12-5-6-14(19)17-12/h1-4,12-13H,5-9H2,(H,17,19). The Labute approximate surface area is 131 Å². The van der Waals surface area contributed by atoms with E-state index in [1.165, 1.54) is 0 Å². The molecule has 112 valence electrons. The predicted molar refractivity (Wildman–Crippen MR) is 80.6 cm³/mol. The minimum absolute atomic E-state index is 0.00580. The largest absolute Gasteiger partial charge is 0.370 e. The predicted octanol–water partition coefficient (Wildman–Crippen LogP) is 1.63. The highest BCUT2D eigenvalue weighted by Crippen LogP contribution is 2.24. The zero-order chi connectivity index (χ0) is 14.8. The van der Waals surface area contributed by atoms with Crippen molar-refractivity contribution < 1.29 is 14.3 Å². The Morgan fingerprint density at radius 2 is 2.10 bits per heavy atom. The molecule has 2 unspecified atom stereocenters. The monoisotopic (exact) mass is 352 g/mol. The van der Waals surface area contributed by atoms with Gasteiger partial charge in [0.25, 0.3) is 0 Å². The van der Waals surface area contributed by atoms with Crippen molar-refractivity contribution >= 4 is 27.7 Å². The van der Waals surface area contributed by atoms with Crippen LogP contribution < -0.4 is 5.32 Å². The van der Waals surface area contributed by atoms with Gasteiger partial charge in [-0.25, -0.2) is 0 Å². The maximum Gasteiger partial charge on any atom is 0.245 e. The molecule has 0 saturated carbocycles. The van der Waals surface area contributed by atoms with Crippen LogP contribution >= 0.6 is 15.9 Å². The lowest BCUT2D eigenvalue weighted by Crippen LogP contribution is -2.49. The second-order valence-corrected chi connectivity index (χ2v) is 6.27. The zero-order valence-corrected chi connectivity index (χ0v) is 13.1. The summed E-state index contributed by atoms with van der Waals surface area (Å²) < 4.78 is 6.79. The zero-order valence-electron chi connectivity index (χ0n) is 11.5. The molecule has 0 bridgehead atoms. The first-order valence-electron chi connectivity index (χ1n) is 7.09. The minimum atomic E-state index is -0.360. The average molecular weight is 353 g/mol. The lowest BCUT2D eigenvalue weighted by Gasteiger charge is -2.34. The van der Waals surface area contributed by atoms with Gasteiger partial charge in [-0.15, -0.1) is 0 Å². The molecule has 2 amide bonds. The van der Waals surface area contributed by atoms with Gasteiger partial charge >= 0.3 is 0 Å². The second kappa shape index (κ2) is 6.15. The molecule has 2 atom stereocenters. The highest BCUT2D eigenvalue weighted by Gasteiger charge is 2.33. The summed E-state index contributed by atoms with van der Waals surface area (Å²) in [5.41, 5.74) is 1.06. The Hall–Kier alpha value is -1.40. The molecule has 0 aliphatic carbocycles. The maximum atomic E-state index is 12.4. The fourth-order valence-corrected chi connectivity index (χ4v) is 3.01. The van der Waals surface area contributed by atoms with Crippen LogP contribution in [-0.2, 0) is 14.3 Å². The van der Waals surface area contributed by atoms with Crippen molar-refractivity contribution in [1.82, 2.24) is 10.2 Å². The summed E-state index contributed by atoms with van der Waals surface area (Å²) in [5.74, 6) is -0.0302. The molecule has 2 fully saturated rings. The number of halogens is 1. The molecule has 2 aliphatic heterocycles. The van der Waals surface area contributed by atoms with Gasteiger partial charge < -0.3 is 15.0 Å². The topological polar surface area (TPSA) is 58.6 Å². The van der Waals surface area contributed by atoms with Gasteiger partial charge in [-0.1, -0.05) is 28.1 Å². The molecule has 0 spiro atoms. The molecule has 2 heterocycles. The number of morpholine rings is 1. The van der Waals surface area contributed by atoms with E-state index in [2.05, 4.69) is 21.2 Å². The summed E-state index contributed by atoms with van der Waals surface area (Å²) in [4.78, 5) is 25.5. The molecule has 1 aromatic rings. The molecule has 5 nitrogen and oxygen atoms in total. The molecule has 1 aromatic carbocycles. The molecule has 21 heavy (non-hydrogen) atoms. The lowest BCUT2D eigenvalue weighted by atomic mass is 10.1. The quantitative estimate of drug-likeness (QED) is 0.879. The number of hydrogen-bond acceptors (Lipinski definition) is 3. The summed E-state index contributed by atoms with van der Waals surface area (Å²) in [6.07, 6.45) is 0.933. The van der Waals surface area contributed by atoms with Gasteiger partial charge in [0.2, 0.25) is 11.8 Å². The maximum absolute atomic E-state index is 12.4. The van der Waals surface area contributed by atoms with E-state index in [0.717, 1.165) is 10.0 Å². The third-order valence-electron chi connectivity index (χ3n) is 3.91. The number of rotatable bonds is 2. The van der Waals surface area contributed by atoms with Crippen LogP contribution in [0, 0.1) is 0 Å². The number of benzene rings is 1. The summed E-state index contributed by atoms with van der Waals surface area (Å²) in [6.45, 7) is 1.64. The summed E-state index contributed by atoms with van der Waals surface area (Å²) in [6, 6.07) is 7.58. The first-order chi connectivity index (χ1) is 10.1. The Morgan fingerprint density at radius 3 is 2.76 bits per heavy atom. The van der Waals surface area contributed by atoms with Crippen LogP contribution in [0.4, 0.5) is 0 Å². The van der Waals surface area contributed by atoms with Crippen LogP contribution in [0.25, 0.3) is 0 Å². The third kappa shape index (κ3) is 3.27. The van der Waals surface area contributed by atoms with Crippen molar-refractivity contribution in [3.05, 3.63) is 34.3 Å². The van der Waals surface area contributed by atoms with E-state index in [1.807, 2.05) is 24.3 Å². The second-order valence-electron chi connectivity index (χ2n) is 5.35. The Bertz CT molecular complexity index is 546. The van der Waals surface area contributed by atoms with Gasteiger partial charge in [-0.05, 0) is 24.1 Å². The molecule has 2 aliphatic rings. The Morgan fingerprint density at radius 1 is 1.33 bits per heavy atom. The number of carbonyl (C=O) groups excluding carboxylic acids is 2. The summed E-state index contributed by atoms with van der Waals surface area (Å²) in [5, 5.41) is 2.74. The average Bonchev–Trinajstić information content (AvgIpc) is 2.94. The van der Waals surface area contributed by atoms with Gasteiger partial charge in [-0.2, -0.15) is 0 Å². The van der Waals surface area contributed by atoms with Crippen LogP contribution in [0.15, 0.2) is 28.7 Å². The SMILES string of the molecule is O=C1CCC(C(=O)N2CCOC(c3ccc(Br)cc3)C2)N1. The van der Waals surface area contributed by atoms with E-state index >= 15 is 0 Å². The van der Waals surface area contributed by atoms with Crippen LogP contribution in [0.5, 0.6) is 0 Å². The van der Waals surface area contributed by atoms with Crippen molar-refractivity contribution in [3.8, 4) is 0 Å². The smallest absolute Gasteiger partial charge is 0.245 e. The summed E-state index contributed by atoms with van der Waals surface area (Å²) in [7, 11) is 0. The van der Waals surface area contributed by atoms with Crippen LogP contribution in [0.2, 0.25) is 0 Å². The van der Waals surface area contributed by atoms with Gasteiger partial charge in [0.05, 0.1) is 13.2 Å². The van der Waals surface area contributed by atoms with Crippen molar-refractivity contribution in [2.75, 3.05) is 19.7 Å². The normalized spacial score (nSPS) is 25.8. The van der Waals surface area contributed by atoms with E-state index in [1.54, 1.807) is 4.90 Å². The molecular weight excluding hydrogens is 336 g/mol. The van der Waals surface area contributed by atoms with E-state index in [9.17, 15) is 9.59 Å². The van der Waals surface area contributed by atoms with Crippen LogP contribution in [0.1, 0.15) is 24.5 Å². The van der Waals surface area contributed by atoms with Crippen molar-refractivity contribution in [3.63, 3.8) is 0 Å². The molecular formula is C15H17BrN2O3. The molecule has 2 saturated heterocycles. The molecule has 3 rings (SSSR count). The number of hydrogen-bond donors (Lipinski definition) is 1. The van der Waals surface area contributed by atoms with Crippen LogP contribution in [-0.4, -0.2) is 42.5 Å². The van der Waals surface area contributed by atoms with E-state index < -0.39 is 0 Å². The molecule has 6 heteroatoms. The highest BCUT2D eigenvalue weighted by atomic mass is 79.9. The molecule has 0 aromatic heterocycles. The van der Waals surface area contributed by atoms with Gasteiger partial charge in [0, 0.05) is 17.4 Å². The van der Waals surface area contributed by atoms with E-state index in [4.69, 9.17) is 4.74 Å². The molecule has 1 N–H and O–H groups in total. The number of nitrogens with one attached hydrogen (secondary N) is 1. The number of nitrogens with zero attached hydrogens (tertiary/aromatic N) is 1. The van der Waals surface area contributed by atoms with Gasteiger partial charge in [0.1, 0.15) is 12.1 Å². The minimum Gasteiger partial charge on any atom is -0.370 e. The van der Waals surface area contributed by atoms with Crippen LogP contribution in [0.3, 0.4) is 0 Å². The Kier molecular flexibility index (Phi) is 4.26. The first-order valence-corrected chi connectivity index (χ1v) is 7.88. The number of amides is 2. The summed E-state index contributed by atoms with van der Waals surface area (Å²) >= 11 is 3.41. The Balaban J connectivity index is 1.66. The van der Waals surface area contributed by atoms with Gasteiger partial charge in [-0.3, -0.25) is 9.59 Å². The number of ether oxygens (including phenoxy) is 1. The third-order valence-corrected chi connectivity index (χ3v) is 4.44. The first kappa shape index (κ1) is 14.5. The fourth-order valence-electron chi connectivity index (χ4n) is 2.75. The fraction of sp³-hybridized carbons (Fsp3) is 0.467. The van der Waals surface area contributed by atoms with Crippen molar-refractivity contribution in [1.29, 1.82) is 0 Å². The van der Waals surface area contributed by atoms with E-state index in [0.29, 0.717) is 32.5 Å². The highest BCUT2D eigenvalue weighted by molar-refractivity contribution is 9.10. The molecule has 0 radical (unpaired) electrons. The van der Waals surface area contributed by atoms with Crippen molar-refractivity contribution in [2.45, 2.75) is 25.0 Å². The lowest BCUT2D eigenvalue weighted by molar-refractivity contribution is -0.141. The number of carbonyl (C=O) groups is 2. The van der Waals surface area contributed by atoms with Gasteiger partial charge in [0.15, 0.2) is 0 Å².